The molecule has 3 nitrogen and oxygen atoms in total. The highest BCUT2D eigenvalue weighted by molar-refractivity contribution is 9.08. The first-order valence-corrected chi connectivity index (χ1v) is 9.36. The van der Waals surface area contributed by atoms with E-state index in [9.17, 15) is 5.11 Å². The predicted molar refractivity (Wildman–Crippen MR) is 96.2 cm³/mol. The summed E-state index contributed by atoms with van der Waals surface area (Å²) < 4.78 is 6.50. The zero-order valence-electron chi connectivity index (χ0n) is 14.5. The number of hydrogen-bond acceptors (Lipinski definition) is 2. The Morgan fingerprint density at radius 1 is 1.09 bits per heavy atom. The maximum absolute atomic E-state index is 9.45. The summed E-state index contributed by atoms with van der Waals surface area (Å²) in [6.45, 7) is 12.0. The molecule has 0 aliphatic carbocycles. The van der Waals surface area contributed by atoms with E-state index in [-0.39, 0.29) is 6.61 Å². The van der Waals surface area contributed by atoms with Crippen LogP contribution in [0.5, 0.6) is 0 Å². The van der Waals surface area contributed by atoms with Crippen LogP contribution in [0.1, 0.15) is 43.0 Å². The fraction of sp³-hybridized carbons (Fsp3) is 0.667. The van der Waals surface area contributed by atoms with Crippen LogP contribution >= 0.6 is 15.9 Å². The van der Waals surface area contributed by atoms with Crippen molar-refractivity contribution >= 4 is 15.9 Å². The first-order valence-electron chi connectivity index (χ1n) is 8.24. The molecule has 0 aromatic heterocycles. The molecule has 4 heteroatoms. The van der Waals surface area contributed by atoms with Gasteiger partial charge in [0.2, 0.25) is 0 Å². The van der Waals surface area contributed by atoms with Crippen LogP contribution < -0.4 is 0 Å². The van der Waals surface area contributed by atoms with Gasteiger partial charge in [0.25, 0.3) is 0 Å². The molecule has 0 atom stereocenters. The van der Waals surface area contributed by atoms with Gasteiger partial charge in [-0.25, -0.2) is 0 Å². The number of aliphatic hydroxyl groups excluding tert-OH is 1. The van der Waals surface area contributed by atoms with Gasteiger partial charge in [-0.15, -0.1) is 0 Å². The van der Waals surface area contributed by atoms with Crippen LogP contribution in [0.2, 0.25) is 0 Å². The molecule has 0 aliphatic heterocycles. The summed E-state index contributed by atoms with van der Waals surface area (Å²) in [5.41, 5.74) is 5.15. The zero-order valence-corrected chi connectivity index (χ0v) is 16.1. The number of rotatable bonds is 10. The quantitative estimate of drug-likeness (QED) is 0.501. The van der Waals surface area contributed by atoms with Gasteiger partial charge in [-0.2, -0.15) is 0 Å². The average molecular weight is 373 g/mol. The van der Waals surface area contributed by atoms with Crippen LogP contribution in [0.25, 0.3) is 0 Å². The van der Waals surface area contributed by atoms with Crippen molar-refractivity contribution in [2.75, 3.05) is 33.4 Å². The number of quaternary nitrogens is 1. The molecule has 0 bridgehead atoms. The normalized spacial score (nSPS) is 11.9. The van der Waals surface area contributed by atoms with E-state index in [4.69, 9.17) is 4.74 Å². The Labute approximate surface area is 144 Å². The molecule has 0 saturated heterocycles. The van der Waals surface area contributed by atoms with Gasteiger partial charge in [-0.3, -0.25) is 0 Å². The van der Waals surface area contributed by atoms with E-state index in [1.54, 1.807) is 7.11 Å². The van der Waals surface area contributed by atoms with E-state index in [1.807, 2.05) is 0 Å². The van der Waals surface area contributed by atoms with Crippen LogP contribution in [-0.2, 0) is 29.6 Å². The molecular formula is C18H31BrNO2+. The van der Waals surface area contributed by atoms with Gasteiger partial charge in [-0.1, -0.05) is 28.1 Å². The molecule has 0 aliphatic rings. The molecule has 0 amide bonds. The Kier molecular flexibility index (Phi) is 8.62. The molecule has 1 rings (SSSR count). The SMILES string of the molecule is CC[N+](CC)(CC)Cc1c(CCO)cc(CBr)cc1COC. The third-order valence-corrected chi connectivity index (χ3v) is 5.48. The number of nitrogens with zero attached hydrogens (tertiary/aromatic N) is 1. The lowest BCUT2D eigenvalue weighted by molar-refractivity contribution is -0.936. The lowest BCUT2D eigenvalue weighted by Gasteiger charge is -2.37. The van der Waals surface area contributed by atoms with E-state index in [1.165, 1.54) is 22.3 Å². The monoisotopic (exact) mass is 372 g/mol. The minimum atomic E-state index is 0.190. The highest BCUT2D eigenvalue weighted by Gasteiger charge is 2.25. The molecule has 0 radical (unpaired) electrons. The fourth-order valence-electron chi connectivity index (χ4n) is 3.12. The second-order valence-corrected chi connectivity index (χ2v) is 6.44. The molecule has 0 fully saturated rings. The van der Waals surface area contributed by atoms with Crippen molar-refractivity contribution in [3.63, 3.8) is 0 Å². The molecule has 1 aromatic carbocycles. The number of benzene rings is 1. The van der Waals surface area contributed by atoms with Crippen LogP contribution in [0.4, 0.5) is 0 Å². The van der Waals surface area contributed by atoms with Gasteiger partial charge in [0, 0.05) is 24.6 Å². The first kappa shape index (κ1) is 19.6. The number of methoxy groups -OCH3 is 1. The lowest BCUT2D eigenvalue weighted by Crippen LogP contribution is -2.47. The van der Waals surface area contributed by atoms with Gasteiger partial charge < -0.3 is 14.3 Å². The van der Waals surface area contributed by atoms with Crippen molar-refractivity contribution in [2.24, 2.45) is 0 Å². The Morgan fingerprint density at radius 2 is 1.68 bits per heavy atom. The molecule has 126 valence electrons. The van der Waals surface area contributed by atoms with Gasteiger partial charge in [0.15, 0.2) is 0 Å². The molecule has 0 saturated carbocycles. The molecule has 0 spiro atoms. The van der Waals surface area contributed by atoms with E-state index in [0.29, 0.717) is 13.0 Å². The Hall–Kier alpha value is -0.420. The minimum Gasteiger partial charge on any atom is -0.396 e. The summed E-state index contributed by atoms with van der Waals surface area (Å²) >= 11 is 3.55. The van der Waals surface area contributed by atoms with E-state index in [2.05, 4.69) is 48.8 Å². The summed E-state index contributed by atoms with van der Waals surface area (Å²) in [7, 11) is 1.75. The standard InChI is InChI=1S/C18H31BrNO2/c1-5-20(6-2,7-3)13-18-16(8-9-21)10-15(12-19)11-17(18)14-22-4/h10-11,21H,5-9,12-14H2,1-4H3/q+1. The van der Waals surface area contributed by atoms with E-state index in [0.717, 1.165) is 36.0 Å². The summed E-state index contributed by atoms with van der Waals surface area (Å²) in [5.74, 6) is 0. The summed E-state index contributed by atoms with van der Waals surface area (Å²) in [4.78, 5) is 0. The third-order valence-electron chi connectivity index (χ3n) is 4.84. The highest BCUT2D eigenvalue weighted by atomic mass is 79.9. The van der Waals surface area contributed by atoms with Gasteiger partial charge >= 0.3 is 0 Å². The molecule has 0 unspecified atom stereocenters. The number of aliphatic hydroxyl groups is 1. The zero-order chi connectivity index (χ0) is 16.6. The second-order valence-electron chi connectivity index (χ2n) is 5.88. The third kappa shape index (κ3) is 4.79. The van der Waals surface area contributed by atoms with Gasteiger partial charge in [0.1, 0.15) is 6.54 Å². The number of ether oxygens (including phenoxy) is 1. The van der Waals surface area contributed by atoms with Crippen molar-refractivity contribution < 1.29 is 14.3 Å². The van der Waals surface area contributed by atoms with Crippen molar-refractivity contribution in [1.29, 1.82) is 0 Å². The van der Waals surface area contributed by atoms with Crippen molar-refractivity contribution in [3.8, 4) is 0 Å². The second kappa shape index (κ2) is 9.66. The molecular weight excluding hydrogens is 342 g/mol. The van der Waals surface area contributed by atoms with Crippen molar-refractivity contribution in [1.82, 2.24) is 0 Å². The van der Waals surface area contributed by atoms with Crippen LogP contribution in [-0.4, -0.2) is 42.9 Å². The first-order chi connectivity index (χ1) is 10.6. The average Bonchev–Trinajstić information content (AvgIpc) is 2.55. The fourth-order valence-corrected chi connectivity index (χ4v) is 3.44. The van der Waals surface area contributed by atoms with Gasteiger partial charge in [0.05, 0.1) is 26.2 Å². The molecule has 1 aromatic rings. The summed E-state index contributed by atoms with van der Waals surface area (Å²) in [6, 6.07) is 4.47. The number of alkyl halides is 1. The molecule has 0 heterocycles. The van der Waals surface area contributed by atoms with E-state index < -0.39 is 0 Å². The smallest absolute Gasteiger partial charge is 0.105 e. The Morgan fingerprint density at radius 3 is 2.14 bits per heavy atom. The minimum absolute atomic E-state index is 0.190. The highest BCUT2D eigenvalue weighted by Crippen LogP contribution is 2.25. The summed E-state index contributed by atoms with van der Waals surface area (Å²) in [5, 5.41) is 10.3. The van der Waals surface area contributed by atoms with E-state index >= 15 is 0 Å². The maximum Gasteiger partial charge on any atom is 0.105 e. The molecule has 1 N–H and O–H groups in total. The maximum atomic E-state index is 9.45. The topological polar surface area (TPSA) is 29.5 Å². The van der Waals surface area contributed by atoms with Crippen molar-refractivity contribution in [3.05, 3.63) is 34.4 Å². The lowest BCUT2D eigenvalue weighted by atomic mass is 9.95. The molecule has 22 heavy (non-hydrogen) atoms. The van der Waals surface area contributed by atoms with Gasteiger partial charge in [-0.05, 0) is 43.9 Å². The summed E-state index contributed by atoms with van der Waals surface area (Å²) in [6.07, 6.45) is 0.712. The predicted octanol–water partition coefficient (Wildman–Crippen LogP) is 3.64. The number of halogens is 1. The van der Waals surface area contributed by atoms with Crippen LogP contribution in [0.15, 0.2) is 12.1 Å². The van der Waals surface area contributed by atoms with Crippen LogP contribution in [0, 0.1) is 0 Å². The van der Waals surface area contributed by atoms with Crippen LogP contribution in [0.3, 0.4) is 0 Å². The Bertz CT molecular complexity index is 423. The van der Waals surface area contributed by atoms with Crippen molar-refractivity contribution in [2.45, 2.75) is 45.7 Å². The Balaban J connectivity index is 3.33. The largest absolute Gasteiger partial charge is 0.396 e. The number of hydrogen-bond donors (Lipinski definition) is 1.